The van der Waals surface area contributed by atoms with Crippen LogP contribution in [-0.4, -0.2) is 23.9 Å². The van der Waals surface area contributed by atoms with Crippen LogP contribution in [0.2, 0.25) is 0 Å². The quantitative estimate of drug-likeness (QED) is 0.770. The Morgan fingerprint density at radius 3 is 2.58 bits per heavy atom. The van der Waals surface area contributed by atoms with E-state index in [4.69, 9.17) is 0 Å². The average Bonchev–Trinajstić information content (AvgIpc) is 2.62. The van der Waals surface area contributed by atoms with Crippen LogP contribution in [0.1, 0.15) is 32.6 Å². The predicted octanol–water partition coefficient (Wildman–Crippen LogP) is 1.71. The summed E-state index contributed by atoms with van der Waals surface area (Å²) in [6, 6.07) is 1.86. The molecular formula is C13H21N3O2S. The van der Waals surface area contributed by atoms with Crippen molar-refractivity contribution in [2.24, 2.45) is 0 Å². The van der Waals surface area contributed by atoms with E-state index in [1.165, 1.54) is 6.92 Å². The summed E-state index contributed by atoms with van der Waals surface area (Å²) in [5.41, 5.74) is 0.587. The summed E-state index contributed by atoms with van der Waals surface area (Å²) in [4.78, 5) is 23.6. The number of thiophene rings is 1. The van der Waals surface area contributed by atoms with Gasteiger partial charge in [-0.15, -0.1) is 11.3 Å². The van der Waals surface area contributed by atoms with Crippen molar-refractivity contribution < 1.29 is 9.59 Å². The molecule has 2 amide bonds. The molecule has 0 atom stereocenters. The minimum absolute atomic E-state index is 0.0369. The van der Waals surface area contributed by atoms with Crippen LogP contribution in [0, 0.1) is 0 Å². The summed E-state index contributed by atoms with van der Waals surface area (Å²) in [7, 11) is 0. The Morgan fingerprint density at radius 1 is 1.32 bits per heavy atom. The van der Waals surface area contributed by atoms with Crippen LogP contribution in [0.4, 0.5) is 5.69 Å². The first-order valence-corrected chi connectivity index (χ1v) is 7.01. The third kappa shape index (κ3) is 6.35. The first kappa shape index (κ1) is 15.7. The van der Waals surface area contributed by atoms with Gasteiger partial charge in [-0.05, 0) is 32.2 Å². The highest BCUT2D eigenvalue weighted by Crippen LogP contribution is 2.21. The molecule has 0 saturated heterocycles. The van der Waals surface area contributed by atoms with Gasteiger partial charge in [0.1, 0.15) is 0 Å². The second-order valence-corrected chi connectivity index (χ2v) is 6.34. The Bertz CT molecular complexity index is 449. The number of carbonyl (C=O) groups is 2. The fourth-order valence-corrected chi connectivity index (χ4v) is 2.33. The van der Waals surface area contributed by atoms with Crippen LogP contribution >= 0.6 is 11.3 Å². The van der Waals surface area contributed by atoms with E-state index in [0.717, 1.165) is 10.6 Å². The average molecular weight is 283 g/mol. The molecule has 1 heterocycles. The van der Waals surface area contributed by atoms with Crippen molar-refractivity contribution in [2.45, 2.75) is 39.8 Å². The molecular weight excluding hydrogens is 262 g/mol. The molecule has 0 fully saturated rings. The monoisotopic (exact) mass is 283 g/mol. The molecule has 5 nitrogen and oxygen atoms in total. The predicted molar refractivity (Wildman–Crippen MR) is 78.2 cm³/mol. The molecule has 0 spiro atoms. The van der Waals surface area contributed by atoms with Crippen molar-refractivity contribution in [1.82, 2.24) is 10.6 Å². The Balaban J connectivity index is 2.39. The van der Waals surface area contributed by atoms with Crippen molar-refractivity contribution in [3.63, 3.8) is 0 Å². The molecule has 3 N–H and O–H groups in total. The molecule has 0 unspecified atom stereocenters. The Kier molecular flexibility index (Phi) is 5.50. The number of amides is 2. The van der Waals surface area contributed by atoms with Gasteiger partial charge in [0, 0.05) is 23.9 Å². The lowest BCUT2D eigenvalue weighted by Crippen LogP contribution is -2.44. The molecule has 0 aliphatic heterocycles. The number of anilines is 1. The van der Waals surface area contributed by atoms with Gasteiger partial charge < -0.3 is 16.0 Å². The summed E-state index contributed by atoms with van der Waals surface area (Å²) in [6.07, 6.45) is 0. The molecule has 0 aliphatic carbocycles. The second kappa shape index (κ2) is 6.68. The van der Waals surface area contributed by atoms with E-state index < -0.39 is 0 Å². The van der Waals surface area contributed by atoms with Crippen LogP contribution < -0.4 is 16.0 Å². The molecule has 0 aromatic carbocycles. The van der Waals surface area contributed by atoms with Gasteiger partial charge >= 0.3 is 0 Å². The van der Waals surface area contributed by atoms with Crippen molar-refractivity contribution in [2.75, 3.05) is 11.9 Å². The zero-order chi connectivity index (χ0) is 14.5. The van der Waals surface area contributed by atoms with E-state index in [2.05, 4.69) is 16.0 Å². The summed E-state index contributed by atoms with van der Waals surface area (Å²) in [5, 5.41) is 10.6. The molecule has 0 bridgehead atoms. The lowest BCUT2D eigenvalue weighted by atomic mass is 10.1. The van der Waals surface area contributed by atoms with Gasteiger partial charge in [-0.3, -0.25) is 9.59 Å². The van der Waals surface area contributed by atoms with E-state index in [9.17, 15) is 9.59 Å². The molecule has 0 aliphatic rings. The fourth-order valence-electron chi connectivity index (χ4n) is 1.53. The number of carbonyl (C=O) groups excluding carboxylic acids is 2. The number of hydrogen-bond acceptors (Lipinski definition) is 4. The molecule has 6 heteroatoms. The van der Waals surface area contributed by atoms with Crippen molar-refractivity contribution >= 4 is 28.8 Å². The highest BCUT2D eigenvalue weighted by molar-refractivity contribution is 7.10. The van der Waals surface area contributed by atoms with Crippen molar-refractivity contribution in [3.05, 3.63) is 16.3 Å². The minimum Gasteiger partial charge on any atom is -0.350 e. The van der Waals surface area contributed by atoms with E-state index in [1.54, 1.807) is 11.3 Å². The van der Waals surface area contributed by atoms with Crippen LogP contribution in [-0.2, 0) is 16.1 Å². The van der Waals surface area contributed by atoms with Crippen LogP contribution in [0.15, 0.2) is 11.4 Å². The summed E-state index contributed by atoms with van der Waals surface area (Å²) in [6.45, 7) is 8.13. The third-order valence-corrected chi connectivity index (χ3v) is 3.06. The molecule has 1 rings (SSSR count). The van der Waals surface area contributed by atoms with Crippen LogP contribution in [0.3, 0.4) is 0 Å². The van der Waals surface area contributed by atoms with E-state index in [-0.39, 0.29) is 23.9 Å². The standard InChI is InChI=1S/C13H21N3O2S/c1-9(17)15-10-5-6-19-11(10)7-14-8-12(18)16-13(2,3)4/h5-6,14H,7-8H2,1-4H3,(H,15,17)(H,16,18). The normalized spacial score (nSPS) is 11.2. The first-order chi connectivity index (χ1) is 8.78. The lowest BCUT2D eigenvalue weighted by molar-refractivity contribution is -0.121. The van der Waals surface area contributed by atoms with Gasteiger partial charge in [0.2, 0.25) is 11.8 Å². The van der Waals surface area contributed by atoms with Gasteiger partial charge in [-0.2, -0.15) is 0 Å². The first-order valence-electron chi connectivity index (χ1n) is 6.13. The SMILES string of the molecule is CC(=O)Nc1ccsc1CNCC(=O)NC(C)(C)C. The molecule has 1 aromatic heterocycles. The Hall–Kier alpha value is -1.40. The molecule has 0 radical (unpaired) electrons. The second-order valence-electron chi connectivity index (χ2n) is 5.34. The largest absolute Gasteiger partial charge is 0.350 e. The third-order valence-electron chi connectivity index (χ3n) is 2.14. The van der Waals surface area contributed by atoms with Crippen molar-refractivity contribution in [3.8, 4) is 0 Å². The van der Waals surface area contributed by atoms with Crippen molar-refractivity contribution in [1.29, 1.82) is 0 Å². The molecule has 106 valence electrons. The van der Waals surface area contributed by atoms with Crippen LogP contribution in [0.5, 0.6) is 0 Å². The Labute approximate surface area is 117 Å². The summed E-state index contributed by atoms with van der Waals surface area (Å²) >= 11 is 1.55. The summed E-state index contributed by atoms with van der Waals surface area (Å²) < 4.78 is 0. The maximum Gasteiger partial charge on any atom is 0.234 e. The van der Waals surface area contributed by atoms with Gasteiger partial charge in [-0.25, -0.2) is 0 Å². The number of hydrogen-bond donors (Lipinski definition) is 3. The Morgan fingerprint density at radius 2 is 2.00 bits per heavy atom. The zero-order valence-corrected chi connectivity index (χ0v) is 12.6. The topological polar surface area (TPSA) is 70.2 Å². The lowest BCUT2D eigenvalue weighted by Gasteiger charge is -2.20. The molecule has 19 heavy (non-hydrogen) atoms. The molecule has 0 saturated carbocycles. The number of nitrogens with one attached hydrogen (secondary N) is 3. The van der Waals surface area contributed by atoms with E-state index >= 15 is 0 Å². The minimum atomic E-state index is -0.219. The van der Waals surface area contributed by atoms with Crippen LogP contribution in [0.25, 0.3) is 0 Å². The summed E-state index contributed by atoms with van der Waals surface area (Å²) in [5.74, 6) is -0.129. The van der Waals surface area contributed by atoms with Gasteiger partial charge in [0.25, 0.3) is 0 Å². The highest BCUT2D eigenvalue weighted by Gasteiger charge is 2.13. The highest BCUT2D eigenvalue weighted by atomic mass is 32.1. The fraction of sp³-hybridized carbons (Fsp3) is 0.538. The van der Waals surface area contributed by atoms with E-state index in [1.807, 2.05) is 32.2 Å². The van der Waals surface area contributed by atoms with Gasteiger partial charge in [0.05, 0.1) is 12.2 Å². The molecule has 1 aromatic rings. The maximum absolute atomic E-state index is 11.6. The number of rotatable bonds is 5. The van der Waals surface area contributed by atoms with Gasteiger partial charge in [-0.1, -0.05) is 0 Å². The van der Waals surface area contributed by atoms with E-state index in [0.29, 0.717) is 6.54 Å². The van der Waals surface area contributed by atoms with Gasteiger partial charge in [0.15, 0.2) is 0 Å². The zero-order valence-electron chi connectivity index (χ0n) is 11.8. The smallest absolute Gasteiger partial charge is 0.234 e. The maximum atomic E-state index is 11.6.